The van der Waals surface area contributed by atoms with Crippen LogP contribution in [0.15, 0.2) is 24.4 Å². The summed E-state index contributed by atoms with van der Waals surface area (Å²) in [6.45, 7) is 6.01. The number of aromatic nitrogens is 1. The molecule has 9 nitrogen and oxygen atoms in total. The fourth-order valence-electron chi connectivity index (χ4n) is 2.04. The van der Waals surface area contributed by atoms with Gasteiger partial charge in [0.15, 0.2) is 5.13 Å². The standard InChI is InChI=1S/C18H22N4O5S/c1-10(2)9-27-13-6-11(3)4-5-12(13)21-17(26)22-18-20-7-14(28-18)16(25)19-8-15(23)24/h4-7,10H,8-9H2,1-3H3,(H,19,25)(H,23,24)(H2,20,21,22,26). The summed E-state index contributed by atoms with van der Waals surface area (Å²) in [7, 11) is 0. The Balaban J connectivity index is 1.99. The molecule has 150 valence electrons. The van der Waals surface area contributed by atoms with Gasteiger partial charge < -0.3 is 20.5 Å². The first-order chi connectivity index (χ1) is 13.2. The molecule has 1 heterocycles. The van der Waals surface area contributed by atoms with E-state index in [1.165, 1.54) is 6.20 Å². The van der Waals surface area contributed by atoms with E-state index in [0.29, 0.717) is 24.0 Å². The van der Waals surface area contributed by atoms with Gasteiger partial charge in [-0.15, -0.1) is 0 Å². The minimum absolute atomic E-state index is 0.188. The topological polar surface area (TPSA) is 130 Å². The van der Waals surface area contributed by atoms with Crippen LogP contribution in [-0.4, -0.2) is 41.1 Å². The Morgan fingerprint density at radius 2 is 2.00 bits per heavy atom. The van der Waals surface area contributed by atoms with Crippen LogP contribution in [0, 0.1) is 12.8 Å². The SMILES string of the molecule is Cc1ccc(NC(=O)Nc2ncc(C(=O)NCC(=O)O)s2)c(OCC(C)C)c1. The van der Waals surface area contributed by atoms with Gasteiger partial charge in [0.25, 0.3) is 5.91 Å². The van der Waals surface area contributed by atoms with E-state index in [0.717, 1.165) is 16.9 Å². The summed E-state index contributed by atoms with van der Waals surface area (Å²) in [6, 6.07) is 4.90. The number of carboxylic acids is 1. The van der Waals surface area contributed by atoms with Crippen molar-refractivity contribution in [3.63, 3.8) is 0 Å². The number of nitrogens with zero attached hydrogens (tertiary/aromatic N) is 1. The second-order valence-electron chi connectivity index (χ2n) is 6.39. The van der Waals surface area contributed by atoms with Crippen LogP contribution in [0.2, 0.25) is 0 Å². The molecule has 0 saturated heterocycles. The predicted molar refractivity (Wildman–Crippen MR) is 106 cm³/mol. The predicted octanol–water partition coefficient (Wildman–Crippen LogP) is 2.94. The third kappa shape index (κ3) is 6.54. The molecule has 10 heteroatoms. The molecule has 0 fully saturated rings. The quantitative estimate of drug-likeness (QED) is 0.533. The number of ether oxygens (including phenoxy) is 1. The molecular weight excluding hydrogens is 384 g/mol. The van der Waals surface area contributed by atoms with Gasteiger partial charge in [-0.3, -0.25) is 14.9 Å². The van der Waals surface area contributed by atoms with Crippen molar-refractivity contribution in [1.82, 2.24) is 10.3 Å². The average Bonchev–Trinajstić information content (AvgIpc) is 3.08. The van der Waals surface area contributed by atoms with Crippen molar-refractivity contribution in [2.75, 3.05) is 23.8 Å². The number of carbonyl (C=O) groups is 3. The molecule has 1 aromatic heterocycles. The van der Waals surface area contributed by atoms with Crippen molar-refractivity contribution in [3.05, 3.63) is 34.8 Å². The molecule has 0 aliphatic rings. The number of urea groups is 1. The fraction of sp³-hybridized carbons (Fsp3) is 0.333. The molecule has 0 aliphatic carbocycles. The van der Waals surface area contributed by atoms with Gasteiger partial charge in [0.1, 0.15) is 17.2 Å². The summed E-state index contributed by atoms with van der Waals surface area (Å²) in [5, 5.41) is 16.3. The van der Waals surface area contributed by atoms with Crippen molar-refractivity contribution in [2.45, 2.75) is 20.8 Å². The second-order valence-corrected chi connectivity index (χ2v) is 7.42. The molecule has 4 N–H and O–H groups in total. The molecule has 0 radical (unpaired) electrons. The summed E-state index contributed by atoms with van der Waals surface area (Å²) >= 11 is 0.933. The van der Waals surface area contributed by atoms with Gasteiger partial charge in [0.05, 0.1) is 18.5 Å². The lowest BCUT2D eigenvalue weighted by molar-refractivity contribution is -0.135. The summed E-state index contributed by atoms with van der Waals surface area (Å²) in [4.78, 5) is 38.7. The maximum absolute atomic E-state index is 12.3. The average molecular weight is 406 g/mol. The zero-order chi connectivity index (χ0) is 20.7. The Hall–Kier alpha value is -3.14. The Kier molecular flexibility index (Phi) is 7.33. The largest absolute Gasteiger partial charge is 0.491 e. The molecule has 0 bridgehead atoms. The molecule has 0 unspecified atom stereocenters. The van der Waals surface area contributed by atoms with Crippen LogP contribution in [-0.2, 0) is 4.79 Å². The lowest BCUT2D eigenvalue weighted by Gasteiger charge is -2.14. The van der Waals surface area contributed by atoms with E-state index in [1.807, 2.05) is 32.9 Å². The first-order valence-corrected chi connectivity index (χ1v) is 9.33. The van der Waals surface area contributed by atoms with Gasteiger partial charge >= 0.3 is 12.0 Å². The number of aliphatic carboxylic acids is 1. The summed E-state index contributed by atoms with van der Waals surface area (Å²) < 4.78 is 5.76. The second kappa shape index (κ2) is 9.70. The number of benzene rings is 1. The number of nitrogens with one attached hydrogen (secondary N) is 3. The highest BCUT2D eigenvalue weighted by molar-refractivity contribution is 7.17. The van der Waals surface area contributed by atoms with E-state index in [1.54, 1.807) is 6.07 Å². The molecule has 0 aliphatic heterocycles. The first kappa shape index (κ1) is 21.2. The number of carboxylic acid groups (broad SMARTS) is 1. The maximum Gasteiger partial charge on any atom is 0.325 e. The number of rotatable bonds is 8. The van der Waals surface area contributed by atoms with Crippen LogP contribution in [0.1, 0.15) is 29.1 Å². The molecular formula is C18H22N4O5S. The van der Waals surface area contributed by atoms with E-state index in [4.69, 9.17) is 9.84 Å². The van der Waals surface area contributed by atoms with Crippen LogP contribution in [0.3, 0.4) is 0 Å². The van der Waals surface area contributed by atoms with Gasteiger partial charge in [-0.25, -0.2) is 9.78 Å². The summed E-state index contributed by atoms with van der Waals surface area (Å²) in [5.41, 5.74) is 1.52. The van der Waals surface area contributed by atoms with Gasteiger partial charge in [0.2, 0.25) is 0 Å². The highest BCUT2D eigenvalue weighted by Gasteiger charge is 2.14. The van der Waals surface area contributed by atoms with Gasteiger partial charge in [-0.1, -0.05) is 31.3 Å². The van der Waals surface area contributed by atoms with Crippen LogP contribution in [0.4, 0.5) is 15.6 Å². The van der Waals surface area contributed by atoms with Gasteiger partial charge in [-0.05, 0) is 30.5 Å². The normalized spacial score (nSPS) is 10.4. The number of aryl methyl sites for hydroxylation is 1. The smallest absolute Gasteiger partial charge is 0.325 e. The third-order valence-corrected chi connectivity index (χ3v) is 4.22. The Labute approximate surface area is 166 Å². The number of hydrogen-bond donors (Lipinski definition) is 4. The molecule has 0 spiro atoms. The number of anilines is 2. The molecule has 2 rings (SSSR count). The Bertz CT molecular complexity index is 865. The van der Waals surface area contributed by atoms with Gasteiger partial charge in [-0.2, -0.15) is 0 Å². The molecule has 2 aromatic rings. The van der Waals surface area contributed by atoms with Crippen LogP contribution >= 0.6 is 11.3 Å². The molecule has 0 saturated carbocycles. The number of thiazole rings is 1. The highest BCUT2D eigenvalue weighted by Crippen LogP contribution is 2.27. The van der Waals surface area contributed by atoms with Gasteiger partial charge in [0, 0.05) is 0 Å². The monoisotopic (exact) mass is 406 g/mol. The molecule has 1 aromatic carbocycles. The van der Waals surface area contributed by atoms with Crippen molar-refractivity contribution in [1.29, 1.82) is 0 Å². The van der Waals surface area contributed by atoms with E-state index >= 15 is 0 Å². The first-order valence-electron chi connectivity index (χ1n) is 8.52. The minimum atomic E-state index is -1.15. The van der Waals surface area contributed by atoms with E-state index in [2.05, 4.69) is 20.9 Å². The number of amides is 3. The summed E-state index contributed by atoms with van der Waals surface area (Å²) in [6.07, 6.45) is 1.26. The summed E-state index contributed by atoms with van der Waals surface area (Å²) in [5.74, 6) is -0.819. The van der Waals surface area contributed by atoms with E-state index in [9.17, 15) is 14.4 Å². The van der Waals surface area contributed by atoms with Crippen molar-refractivity contribution >= 4 is 40.1 Å². The Morgan fingerprint density at radius 3 is 2.68 bits per heavy atom. The number of hydrogen-bond acceptors (Lipinski definition) is 6. The van der Waals surface area contributed by atoms with Crippen LogP contribution < -0.4 is 20.7 Å². The van der Waals surface area contributed by atoms with E-state index in [-0.39, 0.29) is 10.0 Å². The molecule has 28 heavy (non-hydrogen) atoms. The van der Waals surface area contributed by atoms with Crippen molar-refractivity contribution in [3.8, 4) is 5.75 Å². The van der Waals surface area contributed by atoms with E-state index < -0.39 is 24.5 Å². The maximum atomic E-state index is 12.3. The highest BCUT2D eigenvalue weighted by atomic mass is 32.1. The molecule has 0 atom stereocenters. The van der Waals surface area contributed by atoms with Crippen molar-refractivity contribution < 1.29 is 24.2 Å². The van der Waals surface area contributed by atoms with Crippen molar-refractivity contribution in [2.24, 2.45) is 5.92 Å². The zero-order valence-corrected chi connectivity index (χ0v) is 16.6. The lowest BCUT2D eigenvalue weighted by atomic mass is 10.2. The molecule has 3 amide bonds. The Morgan fingerprint density at radius 1 is 1.25 bits per heavy atom. The fourth-order valence-corrected chi connectivity index (χ4v) is 2.77. The minimum Gasteiger partial charge on any atom is -0.491 e. The lowest BCUT2D eigenvalue weighted by Crippen LogP contribution is -2.28. The van der Waals surface area contributed by atoms with Crippen LogP contribution in [0.5, 0.6) is 5.75 Å². The third-order valence-electron chi connectivity index (χ3n) is 3.31. The zero-order valence-electron chi connectivity index (χ0n) is 15.7. The van der Waals surface area contributed by atoms with Crippen LogP contribution in [0.25, 0.3) is 0 Å². The number of carbonyl (C=O) groups excluding carboxylic acids is 2.